The Hall–Kier alpha value is -2.22. The maximum Gasteiger partial charge on any atom is 0.309 e. The third-order valence-electron chi connectivity index (χ3n) is 4.59. The van der Waals surface area contributed by atoms with Crippen LogP contribution in [0.5, 0.6) is 0 Å². The lowest BCUT2D eigenvalue weighted by Crippen LogP contribution is -2.46. The summed E-state index contributed by atoms with van der Waals surface area (Å²) in [5.74, 6) is -0.582. The summed E-state index contributed by atoms with van der Waals surface area (Å²) in [6, 6.07) is 17.6. The second-order valence-electron chi connectivity index (χ2n) is 8.70. The number of benzene rings is 2. The zero-order valence-corrected chi connectivity index (χ0v) is 19.9. The predicted octanol–water partition coefficient (Wildman–Crippen LogP) is 3.59. The van der Waals surface area contributed by atoms with Crippen molar-refractivity contribution in [3.8, 4) is 0 Å². The summed E-state index contributed by atoms with van der Waals surface area (Å²) in [6.07, 6.45) is -0.264. The Kier molecular flexibility index (Phi) is 7.44. The molecule has 0 saturated carbocycles. The lowest BCUT2D eigenvalue weighted by Gasteiger charge is -2.27. The Morgan fingerprint density at radius 3 is 2.03 bits per heavy atom. The van der Waals surface area contributed by atoms with Gasteiger partial charge in [-0.05, 0) is 39.0 Å². The van der Waals surface area contributed by atoms with Crippen LogP contribution in [0.15, 0.2) is 76.2 Å². The zero-order chi connectivity index (χ0) is 22.6. The minimum Gasteiger partial charge on any atom is -0.460 e. The fraction of sp³-hybridized carbons (Fsp3) is 0.348. The van der Waals surface area contributed by atoms with E-state index in [1.54, 1.807) is 51.1 Å². The second-order valence-corrected chi connectivity index (χ2v) is 15.3. The summed E-state index contributed by atoms with van der Waals surface area (Å²) < 4.78 is 32.5. The molecule has 1 N–H and O–H groups in total. The minimum absolute atomic E-state index is 0.164. The summed E-state index contributed by atoms with van der Waals surface area (Å²) in [5, 5.41) is 11.5. The van der Waals surface area contributed by atoms with E-state index in [0.29, 0.717) is 0 Å². The number of carbonyl (C=O) groups excluding carboxylic acids is 1. The number of sulfone groups is 1. The topological polar surface area (TPSA) is 80.7 Å². The average molecular weight is 447 g/mol. The molecule has 0 heterocycles. The van der Waals surface area contributed by atoms with Crippen LogP contribution in [0.3, 0.4) is 0 Å². The second kappa shape index (κ2) is 9.28. The van der Waals surface area contributed by atoms with Gasteiger partial charge >= 0.3 is 5.97 Å². The number of aliphatic hydroxyl groups excluding tert-OH is 1. The quantitative estimate of drug-likeness (QED) is 0.519. The van der Waals surface area contributed by atoms with Crippen molar-refractivity contribution in [1.82, 2.24) is 0 Å². The van der Waals surface area contributed by atoms with Crippen molar-refractivity contribution in [3.63, 3.8) is 0 Å². The normalized spacial score (nSPS) is 14.3. The molecule has 0 radical (unpaired) electrons. The van der Waals surface area contributed by atoms with E-state index in [-0.39, 0.29) is 15.8 Å². The van der Waals surface area contributed by atoms with E-state index in [4.69, 9.17) is 4.74 Å². The molecule has 0 unspecified atom stereocenters. The highest BCUT2D eigenvalue weighted by atomic mass is 32.2. The fourth-order valence-electron chi connectivity index (χ4n) is 3.15. The highest BCUT2D eigenvalue weighted by molar-refractivity contribution is 7.98. The van der Waals surface area contributed by atoms with Gasteiger partial charge in [0.2, 0.25) is 0 Å². The molecular weight excluding hydrogens is 416 g/mol. The van der Waals surface area contributed by atoms with Crippen LogP contribution in [0.1, 0.15) is 27.2 Å². The van der Waals surface area contributed by atoms with Crippen LogP contribution in [0.25, 0.3) is 0 Å². The lowest BCUT2D eigenvalue weighted by molar-refractivity contribution is -0.156. The van der Waals surface area contributed by atoms with Crippen LogP contribution < -0.4 is 5.19 Å². The summed E-state index contributed by atoms with van der Waals surface area (Å²) >= 11 is 0. The molecule has 0 aromatic heterocycles. The van der Waals surface area contributed by atoms with Crippen molar-refractivity contribution >= 4 is 29.1 Å². The minimum atomic E-state index is -3.86. The largest absolute Gasteiger partial charge is 0.460 e. The van der Waals surface area contributed by atoms with Crippen LogP contribution in [-0.2, 0) is 19.4 Å². The molecule has 2 aromatic carbocycles. The van der Waals surface area contributed by atoms with Gasteiger partial charge in [0, 0.05) is 4.53 Å². The van der Waals surface area contributed by atoms with Gasteiger partial charge in [0.1, 0.15) is 13.7 Å². The number of hydrogen-bond donors (Lipinski definition) is 1. The van der Waals surface area contributed by atoms with Crippen molar-refractivity contribution in [3.05, 3.63) is 71.3 Å². The van der Waals surface area contributed by atoms with E-state index in [2.05, 4.69) is 0 Å². The van der Waals surface area contributed by atoms with E-state index < -0.39 is 35.6 Å². The summed E-state index contributed by atoms with van der Waals surface area (Å²) in [7, 11) is -6.59. The van der Waals surface area contributed by atoms with Crippen molar-refractivity contribution in [2.45, 2.75) is 56.9 Å². The van der Waals surface area contributed by atoms with Gasteiger partial charge in [-0.2, -0.15) is 0 Å². The van der Waals surface area contributed by atoms with E-state index >= 15 is 0 Å². The van der Waals surface area contributed by atoms with Crippen LogP contribution in [0, 0.1) is 0 Å². The molecule has 0 aliphatic carbocycles. The van der Waals surface area contributed by atoms with Crippen LogP contribution in [0.2, 0.25) is 13.1 Å². The third-order valence-corrected chi connectivity index (χ3v) is 11.7. The molecule has 0 fully saturated rings. The Morgan fingerprint density at radius 1 is 1.03 bits per heavy atom. The summed E-state index contributed by atoms with van der Waals surface area (Å²) in [6.45, 7) is 9.07. The molecule has 2 rings (SSSR count). The van der Waals surface area contributed by atoms with Crippen molar-refractivity contribution in [2.24, 2.45) is 0 Å². The third kappa shape index (κ3) is 6.14. The lowest BCUT2D eigenvalue weighted by atomic mass is 10.2. The molecule has 2 aromatic rings. The van der Waals surface area contributed by atoms with E-state index in [9.17, 15) is 18.3 Å². The number of carbonyl (C=O) groups is 1. The van der Waals surface area contributed by atoms with Crippen molar-refractivity contribution in [2.75, 3.05) is 0 Å². The number of esters is 1. The summed E-state index contributed by atoms with van der Waals surface area (Å²) in [4.78, 5) is 12.3. The van der Waals surface area contributed by atoms with Crippen LogP contribution in [-0.4, -0.2) is 39.3 Å². The van der Waals surface area contributed by atoms with Crippen LogP contribution in [0.4, 0.5) is 0 Å². The fourth-order valence-corrected chi connectivity index (χ4v) is 9.56. The molecule has 0 amide bonds. The van der Waals surface area contributed by atoms with E-state index in [1.807, 2.05) is 43.4 Å². The van der Waals surface area contributed by atoms with Gasteiger partial charge in [0.15, 0.2) is 9.84 Å². The van der Waals surface area contributed by atoms with Gasteiger partial charge < -0.3 is 9.84 Å². The Bertz CT molecular complexity index is 991. The molecule has 0 spiro atoms. The number of ether oxygens (including phenoxy) is 1. The SMILES string of the molecule is CC(C)(C)OC(=O)C[C@H](O)/C=C(\[Si](C)(C)c1ccccc1)S(=O)(=O)c1ccccc1. The molecule has 0 saturated heterocycles. The first-order chi connectivity index (χ1) is 13.8. The zero-order valence-electron chi connectivity index (χ0n) is 18.1. The van der Waals surface area contributed by atoms with Crippen molar-refractivity contribution in [1.29, 1.82) is 0 Å². The maximum atomic E-state index is 13.5. The highest BCUT2D eigenvalue weighted by Gasteiger charge is 2.38. The molecule has 30 heavy (non-hydrogen) atoms. The maximum absolute atomic E-state index is 13.5. The first kappa shape index (κ1) is 24.1. The van der Waals surface area contributed by atoms with Gasteiger partial charge in [0.25, 0.3) is 0 Å². The standard InChI is InChI=1S/C23H30O5SSi/c1-23(2,3)28-21(25)16-18(24)17-22(29(26,27)19-12-8-6-9-13-19)30(4,5)20-14-10-7-11-15-20/h6-15,17-18,24H,16H2,1-5H3/b22-17-/t18-/m0/s1. The first-order valence-electron chi connectivity index (χ1n) is 9.82. The Labute approximate surface area is 180 Å². The molecule has 7 heteroatoms. The van der Waals surface area contributed by atoms with Crippen molar-refractivity contribution < 1.29 is 23.1 Å². The van der Waals surface area contributed by atoms with Gasteiger partial charge in [-0.3, -0.25) is 4.79 Å². The molecule has 0 aliphatic heterocycles. The van der Waals surface area contributed by atoms with E-state index in [1.165, 1.54) is 6.08 Å². The predicted molar refractivity (Wildman–Crippen MR) is 122 cm³/mol. The monoisotopic (exact) mass is 446 g/mol. The number of rotatable bonds is 7. The van der Waals surface area contributed by atoms with Gasteiger partial charge in [-0.1, -0.05) is 66.8 Å². The molecule has 0 bridgehead atoms. The first-order valence-corrected chi connectivity index (χ1v) is 14.3. The van der Waals surface area contributed by atoms with Gasteiger partial charge in [-0.15, -0.1) is 0 Å². The number of hydrogen-bond acceptors (Lipinski definition) is 5. The number of aliphatic hydroxyl groups is 1. The smallest absolute Gasteiger partial charge is 0.309 e. The van der Waals surface area contributed by atoms with Gasteiger partial charge in [-0.25, -0.2) is 8.42 Å². The molecule has 1 atom stereocenters. The highest BCUT2D eigenvalue weighted by Crippen LogP contribution is 2.28. The average Bonchev–Trinajstić information content (AvgIpc) is 2.65. The Balaban J connectivity index is 2.51. The summed E-state index contributed by atoms with van der Waals surface area (Å²) in [5.41, 5.74) is -0.683. The molecule has 162 valence electrons. The van der Waals surface area contributed by atoms with Crippen LogP contribution >= 0.6 is 0 Å². The molecule has 5 nitrogen and oxygen atoms in total. The Morgan fingerprint density at radius 2 is 1.53 bits per heavy atom. The van der Waals surface area contributed by atoms with E-state index in [0.717, 1.165) is 5.19 Å². The molecule has 0 aliphatic rings. The molecular formula is C23H30O5SSi. The van der Waals surface area contributed by atoms with Gasteiger partial charge in [0.05, 0.1) is 17.4 Å².